The van der Waals surface area contributed by atoms with Crippen LogP contribution < -0.4 is 5.32 Å². The van der Waals surface area contributed by atoms with Gasteiger partial charge in [-0.25, -0.2) is 9.97 Å². The molecule has 1 aromatic heterocycles. The van der Waals surface area contributed by atoms with Crippen LogP contribution in [0.1, 0.15) is 38.4 Å². The third-order valence-corrected chi connectivity index (χ3v) is 3.55. The maximum absolute atomic E-state index is 4.44. The van der Waals surface area contributed by atoms with E-state index in [2.05, 4.69) is 38.1 Å². The summed E-state index contributed by atoms with van der Waals surface area (Å²) in [6.45, 7) is 3.09. The van der Waals surface area contributed by atoms with Gasteiger partial charge in [-0.2, -0.15) is 0 Å². The standard InChI is InChI=1S/C12H18BrN3/c1-2-11-15-10(13)8-12(16-11)14-7-6-9-4-3-5-9/h8-9H,2-7H2,1H3,(H,14,15,16). The summed E-state index contributed by atoms with van der Waals surface area (Å²) in [6.07, 6.45) is 6.38. The van der Waals surface area contributed by atoms with Crippen molar-refractivity contribution in [1.82, 2.24) is 9.97 Å². The van der Waals surface area contributed by atoms with Crippen LogP contribution in [0.15, 0.2) is 10.7 Å². The van der Waals surface area contributed by atoms with Crippen LogP contribution in [0.3, 0.4) is 0 Å². The van der Waals surface area contributed by atoms with E-state index in [-0.39, 0.29) is 0 Å². The second-order valence-corrected chi connectivity index (χ2v) is 5.17. The topological polar surface area (TPSA) is 37.8 Å². The number of aromatic nitrogens is 2. The van der Waals surface area contributed by atoms with Gasteiger partial charge in [0, 0.05) is 19.0 Å². The molecule has 0 amide bonds. The summed E-state index contributed by atoms with van der Waals surface area (Å²) < 4.78 is 0.866. The van der Waals surface area contributed by atoms with E-state index in [1.54, 1.807) is 0 Å². The highest BCUT2D eigenvalue weighted by atomic mass is 79.9. The molecule has 0 atom stereocenters. The van der Waals surface area contributed by atoms with E-state index in [9.17, 15) is 0 Å². The Hall–Kier alpha value is -0.640. The first-order chi connectivity index (χ1) is 7.78. The Kier molecular flexibility index (Phi) is 4.16. The molecule has 1 aromatic rings. The predicted octanol–water partition coefficient (Wildman–Crippen LogP) is 3.40. The lowest BCUT2D eigenvalue weighted by atomic mass is 9.83. The zero-order valence-corrected chi connectivity index (χ0v) is 11.3. The average molecular weight is 284 g/mol. The number of hydrogen-bond acceptors (Lipinski definition) is 3. The van der Waals surface area contributed by atoms with Crippen LogP contribution in [0.5, 0.6) is 0 Å². The Balaban J connectivity index is 1.84. The van der Waals surface area contributed by atoms with Crippen LogP contribution in [0.2, 0.25) is 0 Å². The van der Waals surface area contributed by atoms with Gasteiger partial charge in [0.2, 0.25) is 0 Å². The number of hydrogen-bond donors (Lipinski definition) is 1. The van der Waals surface area contributed by atoms with Crippen LogP contribution >= 0.6 is 15.9 Å². The van der Waals surface area contributed by atoms with E-state index in [0.717, 1.165) is 35.1 Å². The number of halogens is 1. The van der Waals surface area contributed by atoms with Crippen molar-refractivity contribution < 1.29 is 0 Å². The molecule has 0 spiro atoms. The van der Waals surface area contributed by atoms with E-state index in [4.69, 9.17) is 0 Å². The molecule has 88 valence electrons. The molecule has 0 unspecified atom stereocenters. The van der Waals surface area contributed by atoms with Crippen molar-refractivity contribution in [2.24, 2.45) is 5.92 Å². The van der Waals surface area contributed by atoms with E-state index in [1.165, 1.54) is 25.7 Å². The maximum atomic E-state index is 4.44. The molecule has 0 aliphatic heterocycles. The van der Waals surface area contributed by atoms with Crippen molar-refractivity contribution in [3.8, 4) is 0 Å². The number of aryl methyl sites for hydroxylation is 1. The van der Waals surface area contributed by atoms with Gasteiger partial charge in [0.05, 0.1) is 0 Å². The Labute approximate surface area is 105 Å². The van der Waals surface area contributed by atoms with Gasteiger partial charge >= 0.3 is 0 Å². The molecular weight excluding hydrogens is 266 g/mol. The van der Waals surface area contributed by atoms with Crippen molar-refractivity contribution in [3.05, 3.63) is 16.5 Å². The smallest absolute Gasteiger partial charge is 0.131 e. The minimum absolute atomic E-state index is 0.866. The lowest BCUT2D eigenvalue weighted by molar-refractivity contribution is 0.303. The fourth-order valence-electron chi connectivity index (χ4n) is 1.90. The number of rotatable bonds is 5. The van der Waals surface area contributed by atoms with E-state index < -0.39 is 0 Å². The van der Waals surface area contributed by atoms with Crippen LogP contribution in [0.4, 0.5) is 5.82 Å². The van der Waals surface area contributed by atoms with Crippen LogP contribution in [-0.2, 0) is 6.42 Å². The van der Waals surface area contributed by atoms with E-state index in [1.807, 2.05) is 6.07 Å². The summed E-state index contributed by atoms with van der Waals surface area (Å²) in [5.74, 6) is 2.78. The Morgan fingerprint density at radius 2 is 2.25 bits per heavy atom. The second-order valence-electron chi connectivity index (χ2n) is 4.36. The molecule has 3 nitrogen and oxygen atoms in total. The summed E-state index contributed by atoms with van der Waals surface area (Å²) >= 11 is 3.41. The fourth-order valence-corrected chi connectivity index (χ4v) is 2.32. The van der Waals surface area contributed by atoms with Gasteiger partial charge in [0.1, 0.15) is 16.2 Å². The molecule has 2 rings (SSSR count). The van der Waals surface area contributed by atoms with Crippen molar-refractivity contribution in [1.29, 1.82) is 0 Å². The molecule has 1 aliphatic rings. The monoisotopic (exact) mass is 283 g/mol. The molecule has 1 aliphatic carbocycles. The fraction of sp³-hybridized carbons (Fsp3) is 0.667. The van der Waals surface area contributed by atoms with Gasteiger partial charge in [-0.3, -0.25) is 0 Å². The average Bonchev–Trinajstić information content (AvgIpc) is 2.21. The second kappa shape index (κ2) is 5.62. The number of nitrogens with one attached hydrogen (secondary N) is 1. The van der Waals surface area contributed by atoms with Crippen molar-refractivity contribution in [3.63, 3.8) is 0 Å². The Morgan fingerprint density at radius 3 is 2.88 bits per heavy atom. The summed E-state index contributed by atoms with van der Waals surface area (Å²) in [6, 6.07) is 1.94. The molecule has 4 heteroatoms. The van der Waals surface area contributed by atoms with Crippen LogP contribution in [0, 0.1) is 5.92 Å². The van der Waals surface area contributed by atoms with Crippen LogP contribution in [0.25, 0.3) is 0 Å². The zero-order valence-electron chi connectivity index (χ0n) is 9.67. The summed E-state index contributed by atoms with van der Waals surface area (Å²) in [5, 5.41) is 3.38. The highest BCUT2D eigenvalue weighted by Crippen LogP contribution is 2.29. The molecule has 0 bridgehead atoms. The van der Waals surface area contributed by atoms with E-state index >= 15 is 0 Å². The molecule has 1 heterocycles. The molecule has 1 N–H and O–H groups in total. The van der Waals surface area contributed by atoms with Gasteiger partial charge in [-0.15, -0.1) is 0 Å². The predicted molar refractivity (Wildman–Crippen MR) is 69.6 cm³/mol. The minimum Gasteiger partial charge on any atom is -0.370 e. The third kappa shape index (κ3) is 3.17. The summed E-state index contributed by atoms with van der Waals surface area (Å²) in [5.41, 5.74) is 0. The van der Waals surface area contributed by atoms with Gasteiger partial charge < -0.3 is 5.32 Å². The zero-order chi connectivity index (χ0) is 11.4. The van der Waals surface area contributed by atoms with Crippen molar-refractivity contribution in [2.45, 2.75) is 39.0 Å². The van der Waals surface area contributed by atoms with Gasteiger partial charge in [0.25, 0.3) is 0 Å². The Morgan fingerprint density at radius 1 is 1.44 bits per heavy atom. The molecule has 1 fully saturated rings. The molecule has 0 saturated heterocycles. The minimum atomic E-state index is 0.866. The maximum Gasteiger partial charge on any atom is 0.131 e. The highest BCUT2D eigenvalue weighted by Gasteiger charge is 2.16. The van der Waals surface area contributed by atoms with Gasteiger partial charge in [-0.1, -0.05) is 26.2 Å². The van der Waals surface area contributed by atoms with Crippen molar-refractivity contribution >= 4 is 21.7 Å². The summed E-state index contributed by atoms with van der Waals surface area (Å²) in [7, 11) is 0. The SMILES string of the molecule is CCc1nc(Br)cc(NCCC2CCC2)n1. The molecule has 1 saturated carbocycles. The molecular formula is C12H18BrN3. The lowest BCUT2D eigenvalue weighted by Crippen LogP contribution is -2.16. The van der Waals surface area contributed by atoms with Gasteiger partial charge in [0.15, 0.2) is 0 Å². The van der Waals surface area contributed by atoms with Crippen LogP contribution in [-0.4, -0.2) is 16.5 Å². The third-order valence-electron chi connectivity index (χ3n) is 3.14. The molecule has 0 radical (unpaired) electrons. The normalized spacial score (nSPS) is 15.9. The first-order valence-electron chi connectivity index (χ1n) is 6.05. The van der Waals surface area contributed by atoms with E-state index in [0.29, 0.717) is 0 Å². The van der Waals surface area contributed by atoms with Crippen molar-refractivity contribution in [2.75, 3.05) is 11.9 Å². The number of anilines is 1. The highest BCUT2D eigenvalue weighted by molar-refractivity contribution is 9.10. The summed E-state index contributed by atoms with van der Waals surface area (Å²) in [4.78, 5) is 8.73. The first-order valence-corrected chi connectivity index (χ1v) is 6.84. The quantitative estimate of drug-likeness (QED) is 0.842. The number of nitrogens with zero attached hydrogens (tertiary/aromatic N) is 2. The molecule has 16 heavy (non-hydrogen) atoms. The largest absolute Gasteiger partial charge is 0.370 e. The molecule has 0 aromatic carbocycles. The van der Waals surface area contributed by atoms with Gasteiger partial charge in [-0.05, 0) is 28.3 Å². The Bertz CT molecular complexity index is 350. The first kappa shape index (κ1) is 11.8. The lowest BCUT2D eigenvalue weighted by Gasteiger charge is -2.25.